The van der Waals surface area contributed by atoms with Gasteiger partial charge in [0.2, 0.25) is 5.91 Å². The summed E-state index contributed by atoms with van der Waals surface area (Å²) < 4.78 is 3.81. The molecular formula is C20H26IN2NaO5. The van der Waals surface area contributed by atoms with E-state index >= 15 is 0 Å². The maximum absolute atomic E-state index is 12.9. The summed E-state index contributed by atoms with van der Waals surface area (Å²) >= 11 is 1.77. The maximum atomic E-state index is 12.9. The van der Waals surface area contributed by atoms with Crippen molar-refractivity contribution in [2.45, 2.75) is 55.2 Å². The van der Waals surface area contributed by atoms with Gasteiger partial charge in [-0.15, -0.1) is 0 Å². The molecule has 1 N–H and O–H groups in total. The van der Waals surface area contributed by atoms with Crippen molar-refractivity contribution < 1.29 is 53.8 Å². The maximum Gasteiger partial charge on any atom is 1.00 e. The first-order valence-electron chi connectivity index (χ1n) is 9.48. The number of carbonyl (C=O) groups excluding carboxylic acids is 3. The van der Waals surface area contributed by atoms with Crippen LogP contribution in [0.3, 0.4) is 0 Å². The van der Waals surface area contributed by atoms with Crippen molar-refractivity contribution in [1.82, 2.24) is 10.2 Å². The number of likely N-dealkylation sites (tertiary alicyclic amines) is 1. The van der Waals surface area contributed by atoms with Crippen LogP contribution in [0.15, 0.2) is 30.3 Å². The van der Waals surface area contributed by atoms with Gasteiger partial charge in [-0.2, -0.15) is 0 Å². The molecule has 154 valence electrons. The number of nitrogens with zero attached hydrogens (tertiary/aromatic N) is 1. The zero-order chi connectivity index (χ0) is 20.7. The average molecular weight is 524 g/mol. The van der Waals surface area contributed by atoms with Crippen LogP contribution in [0.1, 0.15) is 38.7 Å². The second kappa shape index (κ2) is 12.2. The van der Waals surface area contributed by atoms with Crippen LogP contribution in [0.25, 0.3) is 0 Å². The molecule has 2 rings (SSSR count). The number of nitrogens with one attached hydrogen (secondary N) is 1. The molecule has 0 radical (unpaired) electrons. The van der Waals surface area contributed by atoms with Gasteiger partial charge >= 0.3 is 35.5 Å². The van der Waals surface area contributed by atoms with Gasteiger partial charge in [0.15, 0.2) is 0 Å². The fourth-order valence-electron chi connectivity index (χ4n) is 3.36. The summed E-state index contributed by atoms with van der Waals surface area (Å²) in [7, 11) is 0. The Bertz CT molecular complexity index is 705. The van der Waals surface area contributed by atoms with Gasteiger partial charge in [-0.25, -0.2) is 0 Å². The molecule has 0 aliphatic carbocycles. The summed E-state index contributed by atoms with van der Waals surface area (Å²) in [6, 6.07) is 8.36. The number of halogens is 1. The fraction of sp³-hybridized carbons (Fsp3) is 0.550. The monoisotopic (exact) mass is 524 g/mol. The molecule has 1 aromatic rings. The van der Waals surface area contributed by atoms with E-state index in [9.17, 15) is 19.5 Å². The topological polar surface area (TPSA) is 98.8 Å². The number of esters is 1. The predicted molar refractivity (Wildman–Crippen MR) is 110 cm³/mol. The average Bonchev–Trinajstić information content (AvgIpc) is 3.08. The van der Waals surface area contributed by atoms with Crippen LogP contribution in [0, 0.1) is 0 Å². The first kappa shape index (κ1) is 26.4. The molecule has 3 atom stereocenters. The van der Waals surface area contributed by atoms with Crippen molar-refractivity contribution in [2.24, 2.45) is 0 Å². The number of rotatable bonds is 9. The van der Waals surface area contributed by atoms with Gasteiger partial charge in [-0.3, -0.25) is 14.9 Å². The molecule has 29 heavy (non-hydrogen) atoms. The van der Waals surface area contributed by atoms with Crippen molar-refractivity contribution in [3.8, 4) is 0 Å². The molecule has 1 heterocycles. The molecule has 1 aliphatic rings. The standard InChI is InChI=1S/C20H27IN2O5.Na/c1-3-28-18(25)16(11-10-15-8-5-4-6-9-15)22-14(2)17(24)23-13-7-12-20(23,21)19(26)27;/h4-6,8-9,14,16,22H,3,7,10-13H2,1-2H3,(H,26,27);/q;+1/p-1/t14-,16-,20-;/m0./s1. The van der Waals surface area contributed by atoms with Crippen LogP contribution in [0.5, 0.6) is 0 Å². The third-order valence-corrected chi connectivity index (χ3v) is 6.42. The minimum atomic E-state index is -1.34. The Balaban J connectivity index is 0.00000420. The number of benzene rings is 1. The normalized spacial score (nSPS) is 20.4. The number of hydrogen-bond donors (Lipinski definition) is 1. The van der Waals surface area contributed by atoms with Crippen LogP contribution in [-0.2, 0) is 25.5 Å². The molecule has 1 aliphatic heterocycles. The summed E-state index contributed by atoms with van der Waals surface area (Å²) in [5.41, 5.74) is 1.08. The van der Waals surface area contributed by atoms with Gasteiger partial charge in [0, 0.05) is 6.54 Å². The summed E-state index contributed by atoms with van der Waals surface area (Å²) in [4.78, 5) is 38.1. The quantitative estimate of drug-likeness (QED) is 0.133. The molecule has 7 nitrogen and oxygen atoms in total. The number of carboxylic acid groups (broad SMARTS) is 1. The Morgan fingerprint density at radius 1 is 1.31 bits per heavy atom. The minimum Gasteiger partial charge on any atom is -0.547 e. The third-order valence-electron chi connectivity index (χ3n) is 4.85. The summed E-state index contributed by atoms with van der Waals surface area (Å²) in [6.07, 6.45) is 2.07. The largest absolute Gasteiger partial charge is 1.00 e. The number of aryl methyl sites for hydroxylation is 1. The molecule has 0 bridgehead atoms. The van der Waals surface area contributed by atoms with E-state index in [0.717, 1.165) is 5.56 Å². The van der Waals surface area contributed by atoms with Crippen LogP contribution in [0.2, 0.25) is 0 Å². The van der Waals surface area contributed by atoms with Gasteiger partial charge in [0.1, 0.15) is 9.59 Å². The Kier molecular flexibility index (Phi) is 11.1. The number of alkyl halides is 1. The number of carbonyl (C=O) groups is 3. The first-order valence-corrected chi connectivity index (χ1v) is 10.6. The number of aliphatic carboxylic acids is 1. The Morgan fingerprint density at radius 3 is 2.55 bits per heavy atom. The second-order valence-corrected chi connectivity index (χ2v) is 8.64. The van der Waals surface area contributed by atoms with Crippen molar-refractivity contribution in [1.29, 1.82) is 0 Å². The fourth-order valence-corrected chi connectivity index (χ4v) is 4.22. The van der Waals surface area contributed by atoms with Crippen molar-refractivity contribution in [3.63, 3.8) is 0 Å². The van der Waals surface area contributed by atoms with E-state index in [0.29, 0.717) is 32.2 Å². The van der Waals surface area contributed by atoms with Gasteiger partial charge < -0.3 is 19.5 Å². The minimum absolute atomic E-state index is 0. The van der Waals surface area contributed by atoms with Gasteiger partial charge in [-0.05, 0) is 67.7 Å². The van der Waals surface area contributed by atoms with Crippen LogP contribution < -0.4 is 40.0 Å². The van der Waals surface area contributed by atoms with Crippen molar-refractivity contribution in [3.05, 3.63) is 35.9 Å². The summed E-state index contributed by atoms with van der Waals surface area (Å²) in [6.45, 7) is 3.98. The third kappa shape index (κ3) is 6.92. The van der Waals surface area contributed by atoms with Gasteiger partial charge in [-0.1, -0.05) is 30.3 Å². The second-order valence-electron chi connectivity index (χ2n) is 6.86. The number of ether oxygens (including phenoxy) is 1. The van der Waals surface area contributed by atoms with E-state index in [4.69, 9.17) is 4.74 Å². The zero-order valence-corrected chi connectivity index (χ0v) is 21.3. The summed E-state index contributed by atoms with van der Waals surface area (Å²) in [5, 5.41) is 14.6. The van der Waals surface area contributed by atoms with E-state index < -0.39 is 27.6 Å². The van der Waals surface area contributed by atoms with E-state index in [-0.39, 0.29) is 42.1 Å². The van der Waals surface area contributed by atoms with E-state index in [1.165, 1.54) is 4.90 Å². The molecule has 1 amide bonds. The molecular weight excluding hydrogens is 498 g/mol. The SMILES string of the molecule is CCOC(=O)[C@H](CCc1ccccc1)N[C@@H](C)C(=O)N1CCC[C@@]1(I)C(=O)[O-].[Na+]. The van der Waals surface area contributed by atoms with Crippen molar-refractivity contribution >= 4 is 40.4 Å². The van der Waals surface area contributed by atoms with Crippen LogP contribution in [0.4, 0.5) is 0 Å². The van der Waals surface area contributed by atoms with Crippen molar-refractivity contribution in [2.75, 3.05) is 13.2 Å². The Morgan fingerprint density at radius 2 is 1.97 bits per heavy atom. The predicted octanol–water partition coefficient (Wildman–Crippen LogP) is -1.96. The van der Waals surface area contributed by atoms with Gasteiger partial charge in [0.25, 0.3) is 0 Å². The van der Waals surface area contributed by atoms with E-state index in [1.54, 1.807) is 36.4 Å². The number of carboxylic acids is 1. The van der Waals surface area contributed by atoms with E-state index in [2.05, 4.69) is 5.32 Å². The Hall–Kier alpha value is -0.680. The molecule has 1 saturated heterocycles. The molecule has 1 aromatic carbocycles. The molecule has 0 unspecified atom stereocenters. The zero-order valence-electron chi connectivity index (χ0n) is 17.2. The molecule has 0 aromatic heterocycles. The van der Waals surface area contributed by atoms with Crippen LogP contribution >= 0.6 is 22.6 Å². The van der Waals surface area contributed by atoms with E-state index in [1.807, 2.05) is 30.3 Å². The summed E-state index contributed by atoms with van der Waals surface area (Å²) in [5.74, 6) is -2.04. The number of hydrogen-bond acceptors (Lipinski definition) is 6. The smallest absolute Gasteiger partial charge is 0.547 e. The first-order chi connectivity index (χ1) is 13.3. The Labute approximate surface area is 207 Å². The van der Waals surface area contributed by atoms with Gasteiger partial charge in [0.05, 0.1) is 18.6 Å². The van der Waals surface area contributed by atoms with Crippen LogP contribution in [-0.4, -0.2) is 51.5 Å². The number of amides is 1. The molecule has 0 saturated carbocycles. The molecule has 9 heteroatoms. The molecule has 1 fully saturated rings. The molecule has 0 spiro atoms.